The third-order valence-corrected chi connectivity index (χ3v) is 4.15. The largest absolute Gasteiger partial charge is 0.369 e. The summed E-state index contributed by atoms with van der Waals surface area (Å²) in [6.07, 6.45) is 4.35. The van der Waals surface area contributed by atoms with Crippen LogP contribution in [-0.2, 0) is 6.42 Å². The molecule has 1 heterocycles. The Balaban J connectivity index is 3.09. The van der Waals surface area contributed by atoms with Crippen LogP contribution in [0.4, 0.5) is 5.82 Å². The summed E-state index contributed by atoms with van der Waals surface area (Å²) in [6, 6.07) is 0. The molecule has 0 radical (unpaired) electrons. The first-order chi connectivity index (χ1) is 8.63. The first kappa shape index (κ1) is 15.7. The summed E-state index contributed by atoms with van der Waals surface area (Å²) in [5.74, 6) is 2.44. The predicted molar refractivity (Wildman–Crippen MR) is 86.2 cm³/mol. The van der Waals surface area contributed by atoms with E-state index in [0.717, 1.165) is 43.9 Å². The van der Waals surface area contributed by atoms with Gasteiger partial charge in [-0.1, -0.05) is 34.1 Å². The Labute approximate surface area is 124 Å². The second-order valence-corrected chi connectivity index (χ2v) is 5.76. The monoisotopic (exact) mass is 361 g/mol. The Hall–Kier alpha value is -0.390. The fourth-order valence-electron chi connectivity index (χ4n) is 1.68. The third kappa shape index (κ3) is 4.07. The summed E-state index contributed by atoms with van der Waals surface area (Å²) in [4.78, 5) is 9.44. The zero-order valence-electron chi connectivity index (χ0n) is 11.9. The van der Waals surface area contributed by atoms with E-state index >= 15 is 0 Å². The van der Waals surface area contributed by atoms with Gasteiger partial charge in [0.15, 0.2) is 0 Å². The molecular formula is C14H24IN3. The van der Waals surface area contributed by atoms with Crippen LogP contribution >= 0.6 is 22.6 Å². The molecule has 18 heavy (non-hydrogen) atoms. The van der Waals surface area contributed by atoms with Crippen LogP contribution in [0.15, 0.2) is 0 Å². The summed E-state index contributed by atoms with van der Waals surface area (Å²) in [5.41, 5.74) is 1.20. The molecule has 0 bridgehead atoms. The Morgan fingerprint density at radius 2 is 1.89 bits per heavy atom. The number of nitrogens with zero attached hydrogens (tertiary/aromatic N) is 2. The molecule has 0 fully saturated rings. The van der Waals surface area contributed by atoms with Gasteiger partial charge in [-0.25, -0.2) is 9.97 Å². The van der Waals surface area contributed by atoms with Gasteiger partial charge in [-0.05, 0) is 41.9 Å². The molecule has 1 unspecified atom stereocenters. The van der Waals surface area contributed by atoms with Gasteiger partial charge in [-0.15, -0.1) is 0 Å². The Bertz CT molecular complexity index is 380. The van der Waals surface area contributed by atoms with Crippen LogP contribution < -0.4 is 5.32 Å². The molecular weight excluding hydrogens is 337 g/mol. The molecule has 0 spiro atoms. The number of halogens is 1. The van der Waals surface area contributed by atoms with E-state index in [0.29, 0.717) is 5.92 Å². The Morgan fingerprint density at radius 1 is 1.17 bits per heavy atom. The van der Waals surface area contributed by atoms with Crippen molar-refractivity contribution in [1.82, 2.24) is 9.97 Å². The van der Waals surface area contributed by atoms with Crippen molar-refractivity contribution < 1.29 is 0 Å². The summed E-state index contributed by atoms with van der Waals surface area (Å²) >= 11 is 2.37. The van der Waals surface area contributed by atoms with E-state index in [1.807, 2.05) is 0 Å². The Kier molecular flexibility index (Phi) is 6.89. The number of rotatable bonds is 7. The van der Waals surface area contributed by atoms with Crippen LogP contribution in [0.5, 0.6) is 0 Å². The second-order valence-electron chi connectivity index (χ2n) is 4.68. The van der Waals surface area contributed by atoms with Crippen molar-refractivity contribution in [3.05, 3.63) is 15.1 Å². The molecule has 1 atom stereocenters. The van der Waals surface area contributed by atoms with Gasteiger partial charge in [0, 0.05) is 12.5 Å². The number of hydrogen-bond donors (Lipinski definition) is 1. The molecule has 0 aliphatic carbocycles. The maximum Gasteiger partial charge on any atom is 0.143 e. The minimum Gasteiger partial charge on any atom is -0.369 e. The molecule has 4 heteroatoms. The lowest BCUT2D eigenvalue weighted by molar-refractivity contribution is 0.667. The van der Waals surface area contributed by atoms with Gasteiger partial charge in [-0.2, -0.15) is 0 Å². The van der Waals surface area contributed by atoms with Gasteiger partial charge >= 0.3 is 0 Å². The lowest BCUT2D eigenvalue weighted by Crippen LogP contribution is -2.12. The summed E-state index contributed by atoms with van der Waals surface area (Å²) in [6.45, 7) is 9.72. The average Bonchev–Trinajstić information content (AvgIpc) is 2.39. The van der Waals surface area contributed by atoms with Crippen LogP contribution in [0.3, 0.4) is 0 Å². The fourth-order valence-corrected chi connectivity index (χ4v) is 2.38. The number of aromatic nitrogens is 2. The van der Waals surface area contributed by atoms with E-state index in [4.69, 9.17) is 9.97 Å². The summed E-state index contributed by atoms with van der Waals surface area (Å²) < 4.78 is 1.19. The van der Waals surface area contributed by atoms with Gasteiger partial charge < -0.3 is 5.32 Å². The van der Waals surface area contributed by atoms with Crippen LogP contribution in [0.25, 0.3) is 0 Å². The smallest absolute Gasteiger partial charge is 0.143 e. The first-order valence-corrected chi connectivity index (χ1v) is 8.01. The van der Waals surface area contributed by atoms with Crippen LogP contribution in [0.2, 0.25) is 0 Å². The van der Waals surface area contributed by atoms with E-state index < -0.39 is 0 Å². The highest BCUT2D eigenvalue weighted by Crippen LogP contribution is 2.24. The minimum atomic E-state index is 0.430. The molecule has 0 saturated carbocycles. The van der Waals surface area contributed by atoms with Crippen molar-refractivity contribution in [2.45, 2.75) is 59.3 Å². The van der Waals surface area contributed by atoms with Crippen molar-refractivity contribution in [3.63, 3.8) is 0 Å². The van der Waals surface area contributed by atoms with Crippen molar-refractivity contribution in [2.75, 3.05) is 11.9 Å². The molecule has 0 saturated heterocycles. The summed E-state index contributed by atoms with van der Waals surface area (Å²) in [7, 11) is 0. The standard InChI is InChI=1S/C14H24IN3/c1-5-8-11-12(15)14(16-9-6-2)18-13(17-11)10(4)7-3/h10H,5-9H2,1-4H3,(H,16,17,18). The van der Waals surface area contributed by atoms with Crippen LogP contribution in [-0.4, -0.2) is 16.5 Å². The predicted octanol–water partition coefficient (Wildman–Crippen LogP) is 4.37. The van der Waals surface area contributed by atoms with E-state index in [1.165, 1.54) is 9.26 Å². The highest BCUT2D eigenvalue weighted by molar-refractivity contribution is 14.1. The van der Waals surface area contributed by atoms with Crippen LogP contribution in [0.1, 0.15) is 64.4 Å². The number of hydrogen-bond acceptors (Lipinski definition) is 3. The van der Waals surface area contributed by atoms with Gasteiger partial charge in [0.25, 0.3) is 0 Å². The molecule has 1 rings (SSSR count). The molecule has 1 aromatic heterocycles. The van der Waals surface area contributed by atoms with Gasteiger partial charge in [-0.3, -0.25) is 0 Å². The number of aryl methyl sites for hydroxylation is 1. The number of nitrogens with one attached hydrogen (secondary N) is 1. The first-order valence-electron chi connectivity index (χ1n) is 6.94. The third-order valence-electron chi connectivity index (χ3n) is 3.02. The van der Waals surface area contributed by atoms with Gasteiger partial charge in [0.05, 0.1) is 9.26 Å². The maximum absolute atomic E-state index is 4.74. The molecule has 0 aromatic carbocycles. The van der Waals surface area contributed by atoms with E-state index in [-0.39, 0.29) is 0 Å². The van der Waals surface area contributed by atoms with Crippen molar-refractivity contribution >= 4 is 28.4 Å². The van der Waals surface area contributed by atoms with E-state index in [9.17, 15) is 0 Å². The van der Waals surface area contributed by atoms with E-state index in [2.05, 4.69) is 55.6 Å². The van der Waals surface area contributed by atoms with Gasteiger partial charge in [0.1, 0.15) is 11.6 Å². The normalized spacial score (nSPS) is 12.5. The summed E-state index contributed by atoms with van der Waals surface area (Å²) in [5, 5.41) is 3.42. The quantitative estimate of drug-likeness (QED) is 0.733. The van der Waals surface area contributed by atoms with Gasteiger partial charge in [0.2, 0.25) is 0 Å². The second kappa shape index (κ2) is 7.92. The van der Waals surface area contributed by atoms with E-state index in [1.54, 1.807) is 0 Å². The molecule has 1 N–H and O–H groups in total. The van der Waals surface area contributed by atoms with Crippen LogP contribution in [0, 0.1) is 3.57 Å². The zero-order chi connectivity index (χ0) is 13.5. The zero-order valence-corrected chi connectivity index (χ0v) is 14.0. The molecule has 0 aliphatic heterocycles. The number of anilines is 1. The molecule has 0 aliphatic rings. The maximum atomic E-state index is 4.74. The molecule has 0 amide bonds. The van der Waals surface area contributed by atoms with Crippen molar-refractivity contribution in [2.24, 2.45) is 0 Å². The molecule has 3 nitrogen and oxygen atoms in total. The highest BCUT2D eigenvalue weighted by atomic mass is 127. The Morgan fingerprint density at radius 3 is 2.44 bits per heavy atom. The lowest BCUT2D eigenvalue weighted by atomic mass is 10.1. The topological polar surface area (TPSA) is 37.8 Å². The lowest BCUT2D eigenvalue weighted by Gasteiger charge is -2.15. The highest BCUT2D eigenvalue weighted by Gasteiger charge is 2.14. The fraction of sp³-hybridized carbons (Fsp3) is 0.714. The molecule has 1 aromatic rings. The molecule has 102 valence electrons. The SMILES string of the molecule is CCCNc1nc(C(C)CC)nc(CCC)c1I. The van der Waals surface area contributed by atoms with Crippen molar-refractivity contribution in [1.29, 1.82) is 0 Å². The minimum absolute atomic E-state index is 0.430. The van der Waals surface area contributed by atoms with Crippen molar-refractivity contribution in [3.8, 4) is 0 Å². The average molecular weight is 361 g/mol.